The summed E-state index contributed by atoms with van der Waals surface area (Å²) < 4.78 is 0. The first-order chi connectivity index (χ1) is 7.24. The molecule has 0 unspecified atom stereocenters. The van der Waals surface area contributed by atoms with Gasteiger partial charge in [0.25, 0.3) is 0 Å². The fourth-order valence-corrected chi connectivity index (χ4v) is 2.67. The lowest BCUT2D eigenvalue weighted by molar-refractivity contribution is -0.132. The molecule has 0 aromatic carbocycles. The summed E-state index contributed by atoms with van der Waals surface area (Å²) in [4.78, 5) is 14.8. The first-order valence-electron chi connectivity index (χ1n) is 4.40. The highest BCUT2D eigenvalue weighted by molar-refractivity contribution is 8.77. The van der Waals surface area contributed by atoms with Crippen LogP contribution in [-0.4, -0.2) is 16.1 Å². The molecule has 0 saturated carbocycles. The van der Waals surface area contributed by atoms with Gasteiger partial charge in [0.15, 0.2) is 0 Å². The maximum absolute atomic E-state index is 10.7. The van der Waals surface area contributed by atoms with Crippen molar-refractivity contribution in [3.63, 3.8) is 0 Å². The number of aliphatic carboxylic acids is 1. The second kappa shape index (κ2) is 6.53. The van der Waals surface area contributed by atoms with Crippen molar-refractivity contribution in [1.82, 2.24) is 4.98 Å². The maximum atomic E-state index is 10.7. The molecule has 15 heavy (non-hydrogen) atoms. The van der Waals surface area contributed by atoms with E-state index < -0.39 is 5.97 Å². The van der Waals surface area contributed by atoms with E-state index in [1.54, 1.807) is 11.6 Å². The molecule has 1 rings (SSSR count). The molecule has 1 heterocycles. The fourth-order valence-electron chi connectivity index (χ4n) is 0.813. The lowest BCUT2D eigenvalue weighted by Crippen LogP contribution is -1.97. The van der Waals surface area contributed by atoms with Crippen LogP contribution in [0.25, 0.3) is 0 Å². The highest BCUT2D eigenvalue weighted by Crippen LogP contribution is 2.31. The summed E-state index contributed by atoms with van der Waals surface area (Å²) >= 11 is 0. The number of aromatic nitrogens is 1. The number of carbonyl (C=O) groups is 1. The maximum Gasteiger partial charge on any atom is 0.332 e. The third kappa shape index (κ3) is 4.40. The monoisotopic (exact) mass is 241 g/mol. The van der Waals surface area contributed by atoms with Gasteiger partial charge in [-0.2, -0.15) is 0 Å². The number of carboxylic acid groups (broad SMARTS) is 1. The average Bonchev–Trinajstić information content (AvgIpc) is 2.25. The third-order valence-electron chi connectivity index (χ3n) is 1.62. The summed E-state index contributed by atoms with van der Waals surface area (Å²) in [7, 11) is 2.83. The molecule has 0 aliphatic heterocycles. The van der Waals surface area contributed by atoms with E-state index in [0.717, 1.165) is 5.03 Å². The van der Waals surface area contributed by atoms with Gasteiger partial charge in [0.1, 0.15) is 5.03 Å². The van der Waals surface area contributed by atoms with E-state index in [2.05, 4.69) is 4.98 Å². The van der Waals surface area contributed by atoms with Gasteiger partial charge in [-0.15, -0.1) is 0 Å². The predicted octanol–water partition coefficient (Wildman–Crippen LogP) is 3.20. The summed E-state index contributed by atoms with van der Waals surface area (Å²) in [5.41, 5.74) is 0.420. The first kappa shape index (κ1) is 12.1. The molecule has 0 aliphatic rings. The van der Waals surface area contributed by atoms with Crippen LogP contribution in [0, 0.1) is 0 Å². The zero-order valence-electron chi connectivity index (χ0n) is 8.21. The van der Waals surface area contributed by atoms with Crippen molar-refractivity contribution in [2.45, 2.75) is 18.4 Å². The van der Waals surface area contributed by atoms with E-state index in [-0.39, 0.29) is 0 Å². The number of hydrogen-bond donors (Lipinski definition) is 1. The lowest BCUT2D eigenvalue weighted by atomic mass is 10.2. The lowest BCUT2D eigenvalue weighted by Gasteiger charge is -1.97. The molecular formula is C10H11NO2S2. The van der Waals surface area contributed by atoms with Gasteiger partial charge in [-0.05, 0) is 34.8 Å². The number of hydrogen-bond acceptors (Lipinski definition) is 4. The number of rotatable bonds is 5. The molecule has 0 amide bonds. The number of nitrogens with zero attached hydrogens (tertiary/aromatic N) is 1. The molecule has 3 nitrogen and oxygen atoms in total. The van der Waals surface area contributed by atoms with Crippen LogP contribution in [0.15, 0.2) is 40.4 Å². The van der Waals surface area contributed by atoms with Crippen LogP contribution < -0.4 is 0 Å². The summed E-state index contributed by atoms with van der Waals surface area (Å²) in [5, 5.41) is 11.3. The van der Waals surface area contributed by atoms with Gasteiger partial charge in [-0.3, -0.25) is 0 Å². The largest absolute Gasteiger partial charge is 0.478 e. The zero-order valence-corrected chi connectivity index (χ0v) is 9.85. The molecule has 0 atom stereocenters. The predicted molar refractivity (Wildman–Crippen MR) is 63.7 cm³/mol. The molecule has 1 aromatic rings. The van der Waals surface area contributed by atoms with Crippen LogP contribution in [0.4, 0.5) is 0 Å². The Morgan fingerprint density at radius 1 is 1.60 bits per heavy atom. The minimum absolute atomic E-state index is 0.420. The first-order valence-corrected chi connectivity index (χ1v) is 6.62. The molecule has 5 heteroatoms. The van der Waals surface area contributed by atoms with Crippen LogP contribution in [0.1, 0.15) is 13.3 Å². The minimum atomic E-state index is -0.855. The van der Waals surface area contributed by atoms with E-state index in [1.165, 1.54) is 21.6 Å². The molecule has 0 bridgehead atoms. The van der Waals surface area contributed by atoms with Crippen molar-refractivity contribution >= 4 is 27.6 Å². The quantitative estimate of drug-likeness (QED) is 0.633. The average molecular weight is 241 g/mol. The molecule has 80 valence electrons. The Labute approximate surface area is 96.4 Å². The second-order valence-corrected chi connectivity index (χ2v) is 4.74. The molecule has 0 radical (unpaired) electrons. The third-order valence-corrected chi connectivity index (χ3v) is 3.60. The van der Waals surface area contributed by atoms with E-state index in [4.69, 9.17) is 5.11 Å². The summed E-state index contributed by atoms with van der Waals surface area (Å²) in [6.45, 7) is 1.83. The normalized spacial score (nSPS) is 11.4. The molecular weight excluding hydrogens is 230 g/mol. The van der Waals surface area contributed by atoms with E-state index in [1.807, 2.05) is 25.1 Å². The fraction of sp³-hybridized carbons (Fsp3) is 0.200. The van der Waals surface area contributed by atoms with Gasteiger partial charge in [0.2, 0.25) is 0 Å². The van der Waals surface area contributed by atoms with Crippen molar-refractivity contribution in [3.05, 3.63) is 35.4 Å². The van der Waals surface area contributed by atoms with Crippen molar-refractivity contribution in [3.8, 4) is 0 Å². The Bertz CT molecular complexity index is 352. The Kier molecular flexibility index (Phi) is 5.28. The van der Waals surface area contributed by atoms with Crippen LogP contribution >= 0.6 is 21.6 Å². The minimum Gasteiger partial charge on any atom is -0.478 e. The van der Waals surface area contributed by atoms with Gasteiger partial charge in [0.05, 0.1) is 0 Å². The standard InChI is InChI=1S/C10H11NO2S2/c1-2-8(10(12)13)7-14-15-9-5-3-4-6-11-9/h3-7H,2H2,1H3,(H,12,13). The van der Waals surface area contributed by atoms with Gasteiger partial charge in [-0.1, -0.05) is 23.8 Å². The number of carboxylic acids is 1. The van der Waals surface area contributed by atoms with Gasteiger partial charge in [0, 0.05) is 11.8 Å². The zero-order chi connectivity index (χ0) is 11.1. The van der Waals surface area contributed by atoms with Crippen LogP contribution in [0.3, 0.4) is 0 Å². The van der Waals surface area contributed by atoms with Crippen molar-refractivity contribution < 1.29 is 9.90 Å². The Hall–Kier alpha value is -0.940. The van der Waals surface area contributed by atoms with E-state index in [9.17, 15) is 4.79 Å². The Morgan fingerprint density at radius 3 is 2.93 bits per heavy atom. The van der Waals surface area contributed by atoms with Gasteiger partial charge >= 0.3 is 5.97 Å². The van der Waals surface area contributed by atoms with Crippen molar-refractivity contribution in [2.75, 3.05) is 0 Å². The molecule has 1 aromatic heterocycles. The van der Waals surface area contributed by atoms with Gasteiger partial charge < -0.3 is 5.11 Å². The topological polar surface area (TPSA) is 50.2 Å². The molecule has 0 fully saturated rings. The summed E-state index contributed by atoms with van der Waals surface area (Å²) in [5.74, 6) is -0.855. The number of pyridine rings is 1. The molecule has 0 aliphatic carbocycles. The smallest absolute Gasteiger partial charge is 0.332 e. The SMILES string of the molecule is CCC(=CSSc1ccccn1)C(=O)O. The van der Waals surface area contributed by atoms with Crippen LogP contribution in [0.5, 0.6) is 0 Å². The highest BCUT2D eigenvalue weighted by Gasteiger charge is 2.03. The Balaban J connectivity index is 2.48. The molecule has 0 spiro atoms. The van der Waals surface area contributed by atoms with Crippen LogP contribution in [0.2, 0.25) is 0 Å². The van der Waals surface area contributed by atoms with E-state index in [0.29, 0.717) is 12.0 Å². The highest BCUT2D eigenvalue weighted by atomic mass is 33.1. The molecule has 1 N–H and O–H groups in total. The Morgan fingerprint density at radius 2 is 2.40 bits per heavy atom. The van der Waals surface area contributed by atoms with Crippen molar-refractivity contribution in [2.24, 2.45) is 0 Å². The van der Waals surface area contributed by atoms with Crippen molar-refractivity contribution in [1.29, 1.82) is 0 Å². The summed E-state index contributed by atoms with van der Waals surface area (Å²) in [6.07, 6.45) is 2.25. The molecule has 0 saturated heterocycles. The second-order valence-electron chi connectivity index (χ2n) is 2.65. The van der Waals surface area contributed by atoms with Gasteiger partial charge in [-0.25, -0.2) is 9.78 Å². The van der Waals surface area contributed by atoms with E-state index >= 15 is 0 Å². The summed E-state index contributed by atoms with van der Waals surface area (Å²) in [6, 6.07) is 5.63. The van der Waals surface area contributed by atoms with Crippen LogP contribution in [-0.2, 0) is 4.79 Å².